The monoisotopic (exact) mass is 323 g/mol. The number of carboxylic acid groups (broad SMARTS) is 1. The van der Waals surface area contributed by atoms with Crippen LogP contribution in [0.3, 0.4) is 0 Å². The van der Waals surface area contributed by atoms with Crippen LogP contribution in [0.15, 0.2) is 48.7 Å². The van der Waals surface area contributed by atoms with E-state index in [1.807, 2.05) is 0 Å². The Balaban J connectivity index is 1.85. The normalized spacial score (nSPS) is 15.8. The molecule has 0 atom stereocenters. The van der Waals surface area contributed by atoms with Crippen LogP contribution in [0.4, 0.5) is 5.69 Å². The Kier molecular flexibility index (Phi) is 4.35. The molecule has 0 spiro atoms. The summed E-state index contributed by atoms with van der Waals surface area (Å²) in [5, 5.41) is 11.3. The predicted molar refractivity (Wildman–Crippen MR) is 99.6 cm³/mol. The molecular weight excluding hydrogens is 298 g/mol. The smallest absolute Gasteiger partial charge is 0.303 e. The molecule has 3 nitrogen and oxygen atoms in total. The summed E-state index contributed by atoms with van der Waals surface area (Å²) in [7, 11) is 0. The maximum Gasteiger partial charge on any atom is 0.303 e. The van der Waals surface area contributed by atoms with Gasteiger partial charge in [-0.25, -0.2) is 0 Å². The molecule has 0 unspecified atom stereocenters. The summed E-state index contributed by atoms with van der Waals surface area (Å²) < 4.78 is 0. The van der Waals surface area contributed by atoms with E-state index in [0.29, 0.717) is 0 Å². The Hall–Kier alpha value is -2.29. The molecule has 2 aromatic carbocycles. The second-order valence-electron chi connectivity index (χ2n) is 7.11. The maximum atomic E-state index is 10.6. The molecule has 24 heavy (non-hydrogen) atoms. The molecule has 2 aromatic rings. The van der Waals surface area contributed by atoms with E-state index in [0.717, 1.165) is 31.5 Å². The first-order valence-corrected chi connectivity index (χ1v) is 8.64. The van der Waals surface area contributed by atoms with Gasteiger partial charge in [-0.05, 0) is 35.2 Å². The fourth-order valence-corrected chi connectivity index (χ4v) is 3.75. The topological polar surface area (TPSA) is 40.5 Å². The number of benzene rings is 2. The summed E-state index contributed by atoms with van der Waals surface area (Å²) in [6.45, 7) is 9.75. The van der Waals surface area contributed by atoms with E-state index in [4.69, 9.17) is 5.11 Å². The van der Waals surface area contributed by atoms with Crippen molar-refractivity contribution in [3.63, 3.8) is 0 Å². The van der Waals surface area contributed by atoms with Gasteiger partial charge in [-0.1, -0.05) is 57.2 Å². The van der Waals surface area contributed by atoms with E-state index in [-0.39, 0.29) is 11.8 Å². The number of hydrogen-bond acceptors (Lipinski definition) is 2. The number of allylic oxidation sites excluding steroid dienone is 1. The van der Waals surface area contributed by atoms with E-state index in [2.05, 4.69) is 61.7 Å². The summed E-state index contributed by atoms with van der Waals surface area (Å²) in [5.41, 5.74) is 3.65. The molecule has 3 rings (SSSR count). The Bertz CT molecular complexity index is 792. The first-order chi connectivity index (χ1) is 11.4. The minimum absolute atomic E-state index is 0.0861. The third-order valence-electron chi connectivity index (χ3n) is 5.14. The molecule has 1 aliphatic rings. The number of anilines is 1. The molecule has 0 aromatic heterocycles. The third kappa shape index (κ3) is 2.79. The highest BCUT2D eigenvalue weighted by molar-refractivity contribution is 5.94. The summed E-state index contributed by atoms with van der Waals surface area (Å²) in [5.74, 6) is -0.710. The Morgan fingerprint density at radius 3 is 2.62 bits per heavy atom. The number of carbonyl (C=O) groups is 1. The van der Waals surface area contributed by atoms with Gasteiger partial charge >= 0.3 is 5.97 Å². The van der Waals surface area contributed by atoms with Crippen molar-refractivity contribution in [3.8, 4) is 0 Å². The van der Waals surface area contributed by atoms with E-state index in [1.54, 1.807) is 0 Å². The van der Waals surface area contributed by atoms with Crippen molar-refractivity contribution < 1.29 is 9.90 Å². The zero-order chi connectivity index (χ0) is 17.3. The van der Waals surface area contributed by atoms with E-state index >= 15 is 0 Å². The second kappa shape index (κ2) is 6.31. The van der Waals surface area contributed by atoms with Crippen molar-refractivity contribution in [2.24, 2.45) is 0 Å². The minimum Gasteiger partial charge on any atom is -0.481 e. The fourth-order valence-electron chi connectivity index (χ4n) is 3.75. The molecule has 0 fully saturated rings. The zero-order valence-corrected chi connectivity index (χ0v) is 14.5. The number of aliphatic carboxylic acids is 1. The molecule has 0 saturated heterocycles. The maximum absolute atomic E-state index is 10.6. The third-order valence-corrected chi connectivity index (χ3v) is 5.14. The van der Waals surface area contributed by atoms with Crippen molar-refractivity contribution in [1.29, 1.82) is 0 Å². The molecule has 1 aliphatic heterocycles. The molecule has 3 heteroatoms. The van der Waals surface area contributed by atoms with Gasteiger partial charge in [-0.3, -0.25) is 4.79 Å². The average Bonchev–Trinajstić information content (AvgIpc) is 2.75. The number of rotatable bonds is 6. The first-order valence-electron chi connectivity index (χ1n) is 8.64. The Labute approximate surface area is 143 Å². The van der Waals surface area contributed by atoms with Crippen molar-refractivity contribution in [3.05, 3.63) is 54.2 Å². The highest BCUT2D eigenvalue weighted by Gasteiger charge is 2.39. The van der Waals surface area contributed by atoms with Crippen LogP contribution in [-0.4, -0.2) is 17.6 Å². The van der Waals surface area contributed by atoms with Crippen molar-refractivity contribution >= 4 is 22.4 Å². The lowest BCUT2D eigenvalue weighted by atomic mass is 9.82. The number of hydrogen-bond donors (Lipinski definition) is 1. The summed E-state index contributed by atoms with van der Waals surface area (Å²) >= 11 is 0. The lowest BCUT2D eigenvalue weighted by Gasteiger charge is -2.26. The molecule has 0 saturated carbocycles. The van der Waals surface area contributed by atoms with Gasteiger partial charge in [0.15, 0.2) is 0 Å². The van der Waals surface area contributed by atoms with Crippen LogP contribution in [0.25, 0.3) is 10.8 Å². The van der Waals surface area contributed by atoms with E-state index in [1.165, 1.54) is 22.0 Å². The fraction of sp³-hybridized carbons (Fsp3) is 0.381. The highest BCUT2D eigenvalue weighted by atomic mass is 16.4. The van der Waals surface area contributed by atoms with Gasteiger partial charge in [0.2, 0.25) is 0 Å². The van der Waals surface area contributed by atoms with Crippen LogP contribution in [-0.2, 0) is 10.2 Å². The van der Waals surface area contributed by atoms with Crippen molar-refractivity contribution in [1.82, 2.24) is 0 Å². The summed E-state index contributed by atoms with van der Waals surface area (Å²) in [4.78, 5) is 12.9. The highest BCUT2D eigenvalue weighted by Crippen LogP contribution is 2.49. The number of fused-ring (bicyclic) bond motifs is 3. The number of unbranched alkanes of at least 4 members (excludes halogenated alkanes) is 2. The van der Waals surface area contributed by atoms with Crippen LogP contribution in [0, 0.1) is 0 Å². The standard InChI is InChI=1S/C21H25NO2/c1-15-21(2,3)20-17-10-7-6-9-16(17)12-13-18(20)22(15)14-8-4-5-11-19(23)24/h6-7,9-10,12-13H,1,4-5,8,11,14H2,2-3H3,(H,23,24). The van der Waals surface area contributed by atoms with Gasteiger partial charge in [0.1, 0.15) is 0 Å². The second-order valence-corrected chi connectivity index (χ2v) is 7.11. The quantitative estimate of drug-likeness (QED) is 0.752. The lowest BCUT2D eigenvalue weighted by Crippen LogP contribution is -2.26. The number of nitrogens with zero attached hydrogens (tertiary/aromatic N) is 1. The van der Waals surface area contributed by atoms with Gasteiger partial charge in [0, 0.05) is 29.8 Å². The van der Waals surface area contributed by atoms with E-state index < -0.39 is 5.97 Å². The van der Waals surface area contributed by atoms with Crippen LogP contribution >= 0.6 is 0 Å². The molecule has 1 heterocycles. The predicted octanol–water partition coefficient (Wildman–Crippen LogP) is 5.10. The van der Waals surface area contributed by atoms with Crippen LogP contribution in [0.5, 0.6) is 0 Å². The minimum atomic E-state index is -0.710. The molecule has 0 aliphatic carbocycles. The molecule has 0 radical (unpaired) electrons. The van der Waals surface area contributed by atoms with Crippen LogP contribution in [0.1, 0.15) is 45.1 Å². The van der Waals surface area contributed by atoms with Crippen LogP contribution < -0.4 is 4.90 Å². The zero-order valence-electron chi connectivity index (χ0n) is 14.5. The molecule has 0 amide bonds. The lowest BCUT2D eigenvalue weighted by molar-refractivity contribution is -0.137. The van der Waals surface area contributed by atoms with Gasteiger partial charge in [-0.2, -0.15) is 0 Å². The molecule has 1 N–H and O–H groups in total. The summed E-state index contributed by atoms with van der Waals surface area (Å²) in [6, 6.07) is 12.9. The average molecular weight is 323 g/mol. The first kappa shape index (κ1) is 16.6. The van der Waals surface area contributed by atoms with Crippen LogP contribution in [0.2, 0.25) is 0 Å². The van der Waals surface area contributed by atoms with Gasteiger partial charge < -0.3 is 10.0 Å². The van der Waals surface area contributed by atoms with E-state index in [9.17, 15) is 4.79 Å². The molecule has 126 valence electrons. The largest absolute Gasteiger partial charge is 0.481 e. The van der Waals surface area contributed by atoms with Gasteiger partial charge in [-0.15, -0.1) is 0 Å². The molecule has 0 bridgehead atoms. The Morgan fingerprint density at radius 1 is 1.12 bits per heavy atom. The van der Waals surface area contributed by atoms with Crippen molar-refractivity contribution in [2.75, 3.05) is 11.4 Å². The summed E-state index contributed by atoms with van der Waals surface area (Å²) in [6.07, 6.45) is 2.91. The number of carboxylic acids is 1. The van der Waals surface area contributed by atoms with Gasteiger partial charge in [0.25, 0.3) is 0 Å². The Morgan fingerprint density at radius 2 is 1.88 bits per heavy atom. The van der Waals surface area contributed by atoms with Crippen molar-refractivity contribution in [2.45, 2.75) is 44.9 Å². The SMILES string of the molecule is C=C1N(CCCCCC(=O)O)c2ccc3ccccc3c2C1(C)C. The molecular formula is C21H25NO2. The van der Waals surface area contributed by atoms with Gasteiger partial charge in [0.05, 0.1) is 0 Å².